The Hall–Kier alpha value is -0.960. The fourth-order valence-corrected chi connectivity index (χ4v) is 2.45. The first kappa shape index (κ1) is 13.5. The molecule has 0 aromatic heterocycles. The van der Waals surface area contributed by atoms with Crippen molar-refractivity contribution in [3.05, 3.63) is 31.6 Å². The average Bonchev–Trinajstić information content (AvgIpc) is 2.34. The molecule has 98 valence electrons. The van der Waals surface area contributed by atoms with E-state index in [1.165, 1.54) is 12.1 Å². The Morgan fingerprint density at radius 1 is 1.56 bits per heavy atom. The van der Waals surface area contributed by atoms with E-state index >= 15 is 0 Å². The number of piperidine rings is 1. The van der Waals surface area contributed by atoms with Gasteiger partial charge in [-0.25, -0.2) is 4.39 Å². The topological polar surface area (TPSA) is 67.2 Å². The van der Waals surface area contributed by atoms with Gasteiger partial charge in [0.1, 0.15) is 11.5 Å². The SMILES string of the molecule is O=[N+]([O-])c1cc(I)c(F)cc1NC1CCCNC1. The molecule has 0 saturated carbocycles. The van der Waals surface area contributed by atoms with Crippen LogP contribution in [0.4, 0.5) is 15.8 Å². The summed E-state index contributed by atoms with van der Waals surface area (Å²) in [5.74, 6) is -0.438. The van der Waals surface area contributed by atoms with Gasteiger partial charge in [-0.05, 0) is 42.0 Å². The van der Waals surface area contributed by atoms with Crippen LogP contribution in [0.3, 0.4) is 0 Å². The van der Waals surface area contributed by atoms with Crippen LogP contribution in [0.15, 0.2) is 12.1 Å². The third kappa shape index (κ3) is 3.08. The van der Waals surface area contributed by atoms with E-state index in [0.29, 0.717) is 0 Å². The largest absolute Gasteiger partial charge is 0.375 e. The molecule has 2 rings (SSSR count). The van der Waals surface area contributed by atoms with Crippen LogP contribution in [0, 0.1) is 19.5 Å². The van der Waals surface area contributed by atoms with Gasteiger partial charge in [-0.2, -0.15) is 0 Å². The van der Waals surface area contributed by atoms with Crippen LogP contribution in [0.1, 0.15) is 12.8 Å². The van der Waals surface area contributed by atoms with E-state index in [9.17, 15) is 14.5 Å². The zero-order chi connectivity index (χ0) is 13.1. The van der Waals surface area contributed by atoms with Gasteiger partial charge in [0.05, 0.1) is 8.49 Å². The normalized spacial score (nSPS) is 19.6. The van der Waals surface area contributed by atoms with Gasteiger partial charge in [0.15, 0.2) is 0 Å². The molecule has 1 unspecified atom stereocenters. The minimum Gasteiger partial charge on any atom is -0.375 e. The van der Waals surface area contributed by atoms with Crippen molar-refractivity contribution in [2.24, 2.45) is 0 Å². The summed E-state index contributed by atoms with van der Waals surface area (Å²) >= 11 is 1.75. The predicted octanol–water partition coefficient (Wildman–Crippen LogP) is 2.50. The van der Waals surface area contributed by atoms with Crippen molar-refractivity contribution in [1.82, 2.24) is 5.32 Å². The van der Waals surface area contributed by atoms with Crippen molar-refractivity contribution < 1.29 is 9.31 Å². The third-order valence-corrected chi connectivity index (χ3v) is 3.72. The molecule has 1 aliphatic heterocycles. The number of hydrogen-bond donors (Lipinski definition) is 2. The highest BCUT2D eigenvalue weighted by atomic mass is 127. The van der Waals surface area contributed by atoms with Crippen LogP contribution >= 0.6 is 22.6 Å². The van der Waals surface area contributed by atoms with Gasteiger partial charge in [0.25, 0.3) is 5.69 Å². The molecular weight excluding hydrogens is 352 g/mol. The van der Waals surface area contributed by atoms with E-state index in [1.54, 1.807) is 22.6 Å². The lowest BCUT2D eigenvalue weighted by Gasteiger charge is -2.24. The summed E-state index contributed by atoms with van der Waals surface area (Å²) in [6, 6.07) is 2.57. The van der Waals surface area contributed by atoms with Crippen molar-refractivity contribution in [3.63, 3.8) is 0 Å². The number of hydrogen-bond acceptors (Lipinski definition) is 4. The molecule has 1 fully saturated rings. The highest BCUT2D eigenvalue weighted by molar-refractivity contribution is 14.1. The van der Waals surface area contributed by atoms with Crippen molar-refractivity contribution in [3.8, 4) is 0 Å². The number of nitro benzene ring substituents is 1. The number of nitrogens with zero attached hydrogens (tertiary/aromatic N) is 1. The maximum atomic E-state index is 13.5. The molecule has 0 aliphatic carbocycles. The molecule has 0 amide bonds. The molecular formula is C11H13FIN3O2. The molecule has 0 bridgehead atoms. The molecule has 1 aromatic carbocycles. The maximum absolute atomic E-state index is 13.5. The van der Waals surface area contributed by atoms with Gasteiger partial charge in [-0.1, -0.05) is 0 Å². The van der Waals surface area contributed by atoms with E-state index in [4.69, 9.17) is 0 Å². The number of rotatable bonds is 3. The number of halogens is 2. The van der Waals surface area contributed by atoms with Crippen LogP contribution in [-0.2, 0) is 0 Å². The molecule has 7 heteroatoms. The van der Waals surface area contributed by atoms with Gasteiger partial charge in [0.2, 0.25) is 0 Å². The van der Waals surface area contributed by atoms with E-state index < -0.39 is 10.7 Å². The van der Waals surface area contributed by atoms with Gasteiger partial charge >= 0.3 is 0 Å². The summed E-state index contributed by atoms with van der Waals surface area (Å²) in [5.41, 5.74) is 0.179. The van der Waals surface area contributed by atoms with Crippen LogP contribution in [-0.4, -0.2) is 24.1 Å². The predicted molar refractivity (Wildman–Crippen MR) is 75.3 cm³/mol. The van der Waals surface area contributed by atoms with Gasteiger partial charge in [0, 0.05) is 24.7 Å². The second kappa shape index (κ2) is 5.79. The lowest BCUT2D eigenvalue weighted by atomic mass is 10.1. The summed E-state index contributed by atoms with van der Waals surface area (Å²) in [4.78, 5) is 10.5. The highest BCUT2D eigenvalue weighted by Gasteiger charge is 2.21. The van der Waals surface area contributed by atoms with Crippen molar-refractivity contribution in [2.45, 2.75) is 18.9 Å². The minimum absolute atomic E-state index is 0.0774. The Bertz CT molecular complexity index is 464. The van der Waals surface area contributed by atoms with E-state index in [0.717, 1.165) is 25.9 Å². The molecule has 0 spiro atoms. The first-order valence-corrected chi connectivity index (χ1v) is 6.76. The van der Waals surface area contributed by atoms with Crippen LogP contribution < -0.4 is 10.6 Å². The first-order chi connectivity index (χ1) is 8.58. The summed E-state index contributed by atoms with van der Waals surface area (Å²) in [7, 11) is 0. The third-order valence-electron chi connectivity index (χ3n) is 2.89. The van der Waals surface area contributed by atoms with Crippen molar-refractivity contribution >= 4 is 34.0 Å². The summed E-state index contributed by atoms with van der Waals surface area (Å²) < 4.78 is 13.7. The summed E-state index contributed by atoms with van der Waals surface area (Å²) in [5, 5.41) is 17.2. The number of nitrogens with one attached hydrogen (secondary N) is 2. The number of anilines is 1. The quantitative estimate of drug-likeness (QED) is 0.491. The zero-order valence-electron chi connectivity index (χ0n) is 9.58. The molecule has 18 heavy (non-hydrogen) atoms. The molecule has 1 atom stereocenters. The highest BCUT2D eigenvalue weighted by Crippen LogP contribution is 2.29. The van der Waals surface area contributed by atoms with Gasteiger partial charge in [-0.3, -0.25) is 10.1 Å². The lowest BCUT2D eigenvalue weighted by molar-refractivity contribution is -0.384. The Morgan fingerprint density at radius 3 is 2.94 bits per heavy atom. The molecule has 0 radical (unpaired) electrons. The summed E-state index contributed by atoms with van der Waals surface area (Å²) in [6.07, 6.45) is 1.94. The molecule has 1 aliphatic rings. The van der Waals surface area contributed by atoms with E-state index in [2.05, 4.69) is 10.6 Å². The van der Waals surface area contributed by atoms with Crippen molar-refractivity contribution in [1.29, 1.82) is 0 Å². The molecule has 5 nitrogen and oxygen atoms in total. The monoisotopic (exact) mass is 365 g/mol. The summed E-state index contributed by atoms with van der Waals surface area (Å²) in [6.45, 7) is 1.70. The second-order valence-electron chi connectivity index (χ2n) is 4.23. The van der Waals surface area contributed by atoms with Crippen molar-refractivity contribution in [2.75, 3.05) is 18.4 Å². The van der Waals surface area contributed by atoms with Gasteiger partial charge in [-0.15, -0.1) is 0 Å². The van der Waals surface area contributed by atoms with E-state index in [-0.39, 0.29) is 21.0 Å². The minimum atomic E-state index is -0.486. The molecule has 1 saturated heterocycles. The second-order valence-corrected chi connectivity index (χ2v) is 5.39. The Balaban J connectivity index is 2.24. The lowest BCUT2D eigenvalue weighted by Crippen LogP contribution is -2.38. The molecule has 1 aromatic rings. The fourth-order valence-electron chi connectivity index (χ4n) is 2.00. The van der Waals surface area contributed by atoms with E-state index in [1.807, 2.05) is 0 Å². The maximum Gasteiger partial charge on any atom is 0.293 e. The van der Waals surface area contributed by atoms with Crippen LogP contribution in [0.5, 0.6) is 0 Å². The molecule has 2 N–H and O–H groups in total. The first-order valence-electron chi connectivity index (χ1n) is 5.68. The Labute approximate surface area is 117 Å². The molecule has 1 heterocycles. The standard InChI is InChI=1S/C11H13FIN3O2/c12-8-4-10(11(16(17)18)5-9(8)13)15-7-2-1-3-14-6-7/h4-5,7,14-15H,1-3,6H2. The number of benzene rings is 1. The van der Waals surface area contributed by atoms with Crippen LogP contribution in [0.25, 0.3) is 0 Å². The average molecular weight is 365 g/mol. The fraction of sp³-hybridized carbons (Fsp3) is 0.455. The van der Waals surface area contributed by atoms with Gasteiger partial charge < -0.3 is 10.6 Å². The Morgan fingerprint density at radius 2 is 2.33 bits per heavy atom. The number of nitro groups is 1. The van der Waals surface area contributed by atoms with Crippen LogP contribution in [0.2, 0.25) is 0 Å². The zero-order valence-corrected chi connectivity index (χ0v) is 11.7. The smallest absolute Gasteiger partial charge is 0.293 e. The Kier molecular flexibility index (Phi) is 4.33.